The van der Waals surface area contributed by atoms with Gasteiger partial charge in [0.2, 0.25) is 11.9 Å². The number of alkyl halides is 2. The Balaban J connectivity index is 1.84. The van der Waals surface area contributed by atoms with Crippen molar-refractivity contribution in [2.45, 2.75) is 32.4 Å². The maximum absolute atomic E-state index is 13.7. The van der Waals surface area contributed by atoms with E-state index < -0.39 is 12.1 Å². The van der Waals surface area contributed by atoms with E-state index >= 15 is 0 Å². The van der Waals surface area contributed by atoms with Crippen LogP contribution in [0.5, 0.6) is 0 Å². The van der Waals surface area contributed by atoms with Gasteiger partial charge in [0, 0.05) is 30.9 Å². The van der Waals surface area contributed by atoms with Crippen LogP contribution in [-0.4, -0.2) is 71.5 Å². The van der Waals surface area contributed by atoms with E-state index in [0.717, 1.165) is 0 Å². The minimum absolute atomic E-state index is 0.0567. The highest BCUT2D eigenvalue weighted by atomic mass is 19.3. The Morgan fingerprint density at radius 1 is 1.03 bits per heavy atom. The fraction of sp³-hybridized carbons (Fsp3) is 0.579. The average molecular weight is 421 g/mol. The van der Waals surface area contributed by atoms with E-state index in [1.54, 1.807) is 6.07 Å². The van der Waals surface area contributed by atoms with Gasteiger partial charge in [-0.05, 0) is 13.8 Å². The highest BCUT2D eigenvalue weighted by Gasteiger charge is 2.27. The number of nitrogen functional groups attached to an aromatic ring is 1. The molecule has 0 saturated carbocycles. The fourth-order valence-corrected chi connectivity index (χ4v) is 3.70. The van der Waals surface area contributed by atoms with Gasteiger partial charge in [-0.3, -0.25) is 0 Å². The molecule has 2 aliphatic heterocycles. The molecule has 2 saturated heterocycles. The van der Waals surface area contributed by atoms with Gasteiger partial charge in [0.05, 0.1) is 44.2 Å². The predicted molar refractivity (Wildman–Crippen MR) is 108 cm³/mol. The van der Waals surface area contributed by atoms with Crippen LogP contribution in [0, 0.1) is 0 Å². The summed E-state index contributed by atoms with van der Waals surface area (Å²) in [4.78, 5) is 21.2. The Morgan fingerprint density at radius 2 is 1.70 bits per heavy atom. The third kappa shape index (κ3) is 4.12. The molecule has 0 radical (unpaired) electrons. The van der Waals surface area contributed by atoms with Crippen LogP contribution in [0.2, 0.25) is 0 Å². The summed E-state index contributed by atoms with van der Waals surface area (Å²) < 4.78 is 38.4. The molecule has 9 nitrogen and oxygen atoms in total. The molecule has 162 valence electrons. The van der Waals surface area contributed by atoms with Gasteiger partial charge >= 0.3 is 0 Å². The maximum atomic E-state index is 13.7. The lowest BCUT2D eigenvalue weighted by Crippen LogP contribution is -2.46. The minimum atomic E-state index is -2.81. The molecule has 0 spiro atoms. The monoisotopic (exact) mass is 421 g/mol. The molecule has 2 aliphatic rings. The van der Waals surface area contributed by atoms with Crippen LogP contribution in [0.3, 0.4) is 0 Å². The summed E-state index contributed by atoms with van der Waals surface area (Å²) in [6.07, 6.45) is -1.51. The van der Waals surface area contributed by atoms with Gasteiger partial charge in [0.1, 0.15) is 11.5 Å². The molecule has 2 unspecified atom stereocenters. The van der Waals surface area contributed by atoms with Crippen molar-refractivity contribution in [3.05, 3.63) is 18.0 Å². The molecule has 0 aliphatic carbocycles. The molecule has 0 aromatic carbocycles. The van der Waals surface area contributed by atoms with Crippen LogP contribution in [-0.2, 0) is 9.47 Å². The first-order valence-electron chi connectivity index (χ1n) is 9.93. The van der Waals surface area contributed by atoms with Gasteiger partial charge in [-0.25, -0.2) is 23.7 Å². The molecule has 2 aromatic heterocycles. The Morgan fingerprint density at radius 3 is 2.33 bits per heavy atom. The third-order valence-electron chi connectivity index (χ3n) is 5.31. The number of anilines is 3. The first-order valence-corrected chi connectivity index (χ1v) is 9.93. The summed E-state index contributed by atoms with van der Waals surface area (Å²) >= 11 is 0. The van der Waals surface area contributed by atoms with E-state index in [2.05, 4.69) is 19.9 Å². The van der Waals surface area contributed by atoms with Crippen LogP contribution in [0.15, 0.2) is 12.3 Å². The summed E-state index contributed by atoms with van der Waals surface area (Å²) in [5.41, 5.74) is 5.58. The topological polar surface area (TPSA) is 103 Å². The number of morpholine rings is 2. The van der Waals surface area contributed by atoms with Gasteiger partial charge in [-0.15, -0.1) is 0 Å². The largest absolute Gasteiger partial charge is 0.377 e. The molecule has 4 rings (SSSR count). The number of rotatable bonds is 4. The van der Waals surface area contributed by atoms with E-state index in [0.29, 0.717) is 57.0 Å². The zero-order valence-electron chi connectivity index (χ0n) is 17.0. The second-order valence-electron chi connectivity index (χ2n) is 7.47. The predicted octanol–water partition coefficient (Wildman–Crippen LogP) is 1.90. The normalized spacial score (nSPS) is 22.6. The third-order valence-corrected chi connectivity index (χ3v) is 5.31. The van der Waals surface area contributed by atoms with Crippen molar-refractivity contribution in [1.82, 2.24) is 19.9 Å². The number of nitrogens with zero attached hydrogens (tertiary/aromatic N) is 6. The zero-order chi connectivity index (χ0) is 21.3. The number of hydrogen-bond acceptors (Lipinski definition) is 9. The Hall–Kier alpha value is -2.66. The second kappa shape index (κ2) is 8.60. The van der Waals surface area contributed by atoms with Gasteiger partial charge < -0.3 is 25.0 Å². The molecule has 2 aromatic rings. The summed E-state index contributed by atoms with van der Waals surface area (Å²) in [5.74, 6) is 0.919. The summed E-state index contributed by atoms with van der Waals surface area (Å²) in [7, 11) is 0. The van der Waals surface area contributed by atoms with Crippen LogP contribution in [0.4, 0.5) is 26.5 Å². The summed E-state index contributed by atoms with van der Waals surface area (Å²) in [5, 5.41) is 0. The first kappa shape index (κ1) is 20.6. The molecule has 11 heteroatoms. The molecule has 30 heavy (non-hydrogen) atoms. The van der Waals surface area contributed by atoms with Crippen molar-refractivity contribution in [3.63, 3.8) is 0 Å². The van der Waals surface area contributed by atoms with Crippen LogP contribution < -0.4 is 15.5 Å². The van der Waals surface area contributed by atoms with Crippen molar-refractivity contribution in [2.75, 3.05) is 55.1 Å². The first-order chi connectivity index (χ1) is 14.4. The van der Waals surface area contributed by atoms with Gasteiger partial charge in [-0.1, -0.05) is 0 Å². The molecule has 2 N–H and O–H groups in total. The zero-order valence-corrected chi connectivity index (χ0v) is 17.0. The Kier molecular flexibility index (Phi) is 5.91. The lowest BCUT2D eigenvalue weighted by Gasteiger charge is -2.37. The average Bonchev–Trinajstić information content (AvgIpc) is 2.74. The quantitative estimate of drug-likeness (QED) is 0.793. The Bertz CT molecular complexity index is 861. The summed E-state index contributed by atoms with van der Waals surface area (Å²) in [6.45, 7) is 7.55. The molecule has 0 bridgehead atoms. The lowest BCUT2D eigenvalue weighted by molar-refractivity contribution is 0.0972. The van der Waals surface area contributed by atoms with Crippen molar-refractivity contribution in [3.8, 4) is 11.3 Å². The number of nitrogens with two attached hydrogens (primary N) is 1. The van der Waals surface area contributed by atoms with E-state index in [1.165, 1.54) is 6.20 Å². The van der Waals surface area contributed by atoms with Crippen LogP contribution in [0.1, 0.15) is 26.0 Å². The molecule has 2 atom stereocenters. The van der Waals surface area contributed by atoms with Gasteiger partial charge in [0.15, 0.2) is 0 Å². The van der Waals surface area contributed by atoms with E-state index in [-0.39, 0.29) is 23.6 Å². The highest BCUT2D eigenvalue weighted by Crippen LogP contribution is 2.32. The fourth-order valence-electron chi connectivity index (χ4n) is 3.70. The van der Waals surface area contributed by atoms with E-state index in [1.807, 2.05) is 18.7 Å². The van der Waals surface area contributed by atoms with Crippen LogP contribution >= 0.6 is 0 Å². The Labute approximate surface area is 173 Å². The second-order valence-corrected chi connectivity index (χ2v) is 7.47. The standard InChI is InChI=1S/C19H25F2N7O2/c1-11-9-29-5-3-27(11)15-7-14(13-8-23-18(22)26-16(13)17(20)21)24-19(25-15)28-4-6-30-10-12(28)2/h7-8,11-12,17H,3-6,9-10H2,1-2H3,(H2,22,23,26). The molecule has 4 heterocycles. The van der Waals surface area contributed by atoms with E-state index in [9.17, 15) is 8.78 Å². The SMILES string of the molecule is CC1COCCN1c1cc(-c2cnc(N)nc2C(F)F)nc(N2CCOCC2C)n1. The van der Waals surface area contributed by atoms with Crippen LogP contribution in [0.25, 0.3) is 11.3 Å². The highest BCUT2D eigenvalue weighted by molar-refractivity contribution is 5.67. The van der Waals surface area contributed by atoms with E-state index in [4.69, 9.17) is 20.2 Å². The molecular formula is C19H25F2N7O2. The molecule has 2 fully saturated rings. The number of aromatic nitrogens is 4. The van der Waals surface area contributed by atoms with Gasteiger partial charge in [0.25, 0.3) is 6.43 Å². The number of halogens is 2. The van der Waals surface area contributed by atoms with Gasteiger partial charge in [-0.2, -0.15) is 4.98 Å². The van der Waals surface area contributed by atoms with Crippen molar-refractivity contribution in [1.29, 1.82) is 0 Å². The maximum Gasteiger partial charge on any atom is 0.281 e. The van der Waals surface area contributed by atoms with Crippen molar-refractivity contribution >= 4 is 17.7 Å². The summed E-state index contributed by atoms with van der Waals surface area (Å²) in [6, 6.07) is 1.85. The number of ether oxygens (including phenoxy) is 2. The molecular weight excluding hydrogens is 396 g/mol. The van der Waals surface area contributed by atoms with Crippen molar-refractivity contribution < 1.29 is 18.3 Å². The lowest BCUT2D eigenvalue weighted by atomic mass is 10.1. The minimum Gasteiger partial charge on any atom is -0.377 e. The smallest absolute Gasteiger partial charge is 0.281 e. The molecule has 0 amide bonds. The van der Waals surface area contributed by atoms with Crippen molar-refractivity contribution in [2.24, 2.45) is 0 Å². The number of hydrogen-bond donors (Lipinski definition) is 1.